The maximum Gasteiger partial charge on any atom is 0.222 e. The van der Waals surface area contributed by atoms with E-state index >= 15 is 0 Å². The Bertz CT molecular complexity index is 538. The van der Waals surface area contributed by atoms with Crippen molar-refractivity contribution in [1.29, 1.82) is 0 Å². The van der Waals surface area contributed by atoms with Crippen molar-refractivity contribution in [2.24, 2.45) is 5.92 Å². The molecule has 0 N–H and O–H groups in total. The van der Waals surface area contributed by atoms with Gasteiger partial charge in [0.25, 0.3) is 0 Å². The van der Waals surface area contributed by atoms with Gasteiger partial charge >= 0.3 is 0 Å². The van der Waals surface area contributed by atoms with E-state index in [0.717, 1.165) is 45.6 Å². The quantitative estimate of drug-likeness (QED) is 0.830. The predicted molar refractivity (Wildman–Crippen MR) is 93.1 cm³/mol. The van der Waals surface area contributed by atoms with Crippen LogP contribution in [0.25, 0.3) is 0 Å². The summed E-state index contributed by atoms with van der Waals surface area (Å²) in [4.78, 5) is 16.7. The first-order chi connectivity index (χ1) is 11.8. The number of ether oxygens (including phenoxy) is 1. The van der Waals surface area contributed by atoms with E-state index in [0.29, 0.717) is 19.5 Å². The molecule has 0 atom stereocenters. The van der Waals surface area contributed by atoms with Gasteiger partial charge in [0.1, 0.15) is 0 Å². The average molecular weight is 334 g/mol. The molecule has 0 radical (unpaired) electrons. The lowest BCUT2D eigenvalue weighted by Crippen LogP contribution is -2.39. The van der Waals surface area contributed by atoms with E-state index in [1.54, 1.807) is 0 Å². The number of aryl methyl sites for hydroxylation is 1. The summed E-state index contributed by atoms with van der Waals surface area (Å²) in [5.74, 6) is 0.347. The molecule has 0 spiro atoms. The molecule has 2 aliphatic rings. The van der Waals surface area contributed by atoms with Gasteiger partial charge in [0.15, 0.2) is 0 Å². The number of nitrogens with zero attached hydrogens (tertiary/aromatic N) is 2. The summed E-state index contributed by atoms with van der Waals surface area (Å²) in [7, 11) is 0. The Morgan fingerprint density at radius 2 is 1.83 bits per heavy atom. The third-order valence-corrected chi connectivity index (χ3v) is 5.14. The lowest BCUT2D eigenvalue weighted by molar-refractivity contribution is -0.132. The molecule has 2 heterocycles. The summed E-state index contributed by atoms with van der Waals surface area (Å²) in [5.41, 5.74) is 2.45. The van der Waals surface area contributed by atoms with Crippen molar-refractivity contribution >= 4 is 11.6 Å². The lowest BCUT2D eigenvalue weighted by atomic mass is 9.97. The van der Waals surface area contributed by atoms with Crippen LogP contribution in [0.15, 0.2) is 24.3 Å². The first-order valence-electron chi connectivity index (χ1n) is 9.02. The first kappa shape index (κ1) is 17.2. The SMILES string of the molecule is O=C(CCc1ccccc1N1CCOCC1)N1CCC(CF)CC1. The summed E-state index contributed by atoms with van der Waals surface area (Å²) >= 11 is 0. The van der Waals surface area contributed by atoms with Crippen molar-refractivity contribution in [1.82, 2.24) is 4.90 Å². The molecule has 1 aromatic carbocycles. The molecule has 0 saturated carbocycles. The van der Waals surface area contributed by atoms with Gasteiger partial charge in [0.2, 0.25) is 5.91 Å². The van der Waals surface area contributed by atoms with Gasteiger partial charge in [-0.1, -0.05) is 18.2 Å². The number of para-hydroxylation sites is 1. The van der Waals surface area contributed by atoms with E-state index in [2.05, 4.69) is 23.1 Å². The van der Waals surface area contributed by atoms with E-state index in [1.165, 1.54) is 11.3 Å². The fourth-order valence-corrected chi connectivity index (χ4v) is 3.57. The number of benzene rings is 1. The van der Waals surface area contributed by atoms with Crippen molar-refractivity contribution in [3.8, 4) is 0 Å². The zero-order chi connectivity index (χ0) is 16.8. The Morgan fingerprint density at radius 1 is 1.12 bits per heavy atom. The molecule has 4 nitrogen and oxygen atoms in total. The van der Waals surface area contributed by atoms with Crippen LogP contribution in [0.3, 0.4) is 0 Å². The van der Waals surface area contributed by atoms with Crippen LogP contribution < -0.4 is 4.90 Å². The number of carbonyl (C=O) groups excluding carboxylic acids is 1. The van der Waals surface area contributed by atoms with Crippen molar-refractivity contribution in [3.63, 3.8) is 0 Å². The molecule has 0 aliphatic carbocycles. The van der Waals surface area contributed by atoms with Gasteiger partial charge in [-0.05, 0) is 36.8 Å². The molecule has 0 unspecified atom stereocenters. The zero-order valence-electron chi connectivity index (χ0n) is 14.3. The number of anilines is 1. The molecule has 2 fully saturated rings. The number of rotatable bonds is 5. The van der Waals surface area contributed by atoms with Crippen molar-refractivity contribution in [2.45, 2.75) is 25.7 Å². The minimum atomic E-state index is -0.255. The van der Waals surface area contributed by atoms with Crippen LogP contribution in [0, 0.1) is 5.92 Å². The molecular formula is C19H27FN2O2. The summed E-state index contributed by atoms with van der Waals surface area (Å²) in [6, 6.07) is 8.35. The number of piperidine rings is 1. The largest absolute Gasteiger partial charge is 0.378 e. The van der Waals surface area contributed by atoms with Gasteiger partial charge in [-0.2, -0.15) is 0 Å². The number of likely N-dealkylation sites (tertiary alicyclic amines) is 1. The lowest BCUT2D eigenvalue weighted by Gasteiger charge is -2.32. The van der Waals surface area contributed by atoms with Crippen molar-refractivity contribution < 1.29 is 13.9 Å². The molecule has 2 aliphatic heterocycles. The minimum absolute atomic E-state index is 0.149. The van der Waals surface area contributed by atoms with Crippen LogP contribution in [0.4, 0.5) is 10.1 Å². The fourth-order valence-electron chi connectivity index (χ4n) is 3.57. The van der Waals surface area contributed by atoms with Crippen molar-refractivity contribution in [2.75, 3.05) is 51.0 Å². The van der Waals surface area contributed by atoms with Crippen LogP contribution in [-0.4, -0.2) is 56.9 Å². The highest BCUT2D eigenvalue weighted by Gasteiger charge is 2.23. The number of morpholine rings is 1. The molecule has 5 heteroatoms. The Hall–Kier alpha value is -1.62. The molecule has 0 bridgehead atoms. The normalized spacial score (nSPS) is 19.5. The molecule has 3 rings (SSSR count). The van der Waals surface area contributed by atoms with E-state index < -0.39 is 0 Å². The van der Waals surface area contributed by atoms with E-state index in [9.17, 15) is 9.18 Å². The maximum atomic E-state index is 12.7. The third-order valence-electron chi connectivity index (χ3n) is 5.14. The van der Waals surface area contributed by atoms with Gasteiger partial charge in [0, 0.05) is 38.3 Å². The molecule has 24 heavy (non-hydrogen) atoms. The van der Waals surface area contributed by atoms with Crippen LogP contribution >= 0.6 is 0 Å². The topological polar surface area (TPSA) is 32.8 Å². The number of hydrogen-bond acceptors (Lipinski definition) is 3. The molecule has 1 aromatic rings. The minimum Gasteiger partial charge on any atom is -0.378 e. The molecule has 132 valence electrons. The number of carbonyl (C=O) groups is 1. The second-order valence-corrected chi connectivity index (χ2v) is 6.71. The van der Waals surface area contributed by atoms with Crippen LogP contribution in [0.5, 0.6) is 0 Å². The summed E-state index contributed by atoms with van der Waals surface area (Å²) in [6.07, 6.45) is 2.89. The highest BCUT2D eigenvalue weighted by molar-refractivity contribution is 5.77. The smallest absolute Gasteiger partial charge is 0.222 e. The second-order valence-electron chi connectivity index (χ2n) is 6.71. The van der Waals surface area contributed by atoms with Gasteiger partial charge < -0.3 is 14.5 Å². The number of amides is 1. The Kier molecular flexibility index (Phi) is 6.07. The van der Waals surface area contributed by atoms with Crippen LogP contribution in [0.1, 0.15) is 24.8 Å². The third kappa shape index (κ3) is 4.26. The average Bonchev–Trinajstić information content (AvgIpc) is 2.67. The number of hydrogen-bond donors (Lipinski definition) is 0. The molecule has 1 amide bonds. The Labute approximate surface area is 143 Å². The summed E-state index contributed by atoms with van der Waals surface area (Å²) in [5, 5.41) is 0. The summed E-state index contributed by atoms with van der Waals surface area (Å²) in [6.45, 7) is 4.49. The highest BCUT2D eigenvalue weighted by atomic mass is 19.1. The zero-order valence-corrected chi connectivity index (χ0v) is 14.3. The Balaban J connectivity index is 1.55. The monoisotopic (exact) mass is 334 g/mol. The van der Waals surface area contributed by atoms with E-state index in [-0.39, 0.29) is 18.5 Å². The molecule has 2 saturated heterocycles. The fraction of sp³-hybridized carbons (Fsp3) is 0.632. The summed E-state index contributed by atoms with van der Waals surface area (Å²) < 4.78 is 18.1. The number of halogens is 1. The second kappa shape index (κ2) is 8.47. The van der Waals surface area contributed by atoms with E-state index in [4.69, 9.17) is 4.74 Å². The van der Waals surface area contributed by atoms with Gasteiger partial charge in [0.05, 0.1) is 19.9 Å². The highest BCUT2D eigenvalue weighted by Crippen LogP contribution is 2.24. The van der Waals surface area contributed by atoms with Gasteiger partial charge in [-0.25, -0.2) is 0 Å². The maximum absolute atomic E-state index is 12.7. The first-order valence-corrected chi connectivity index (χ1v) is 9.02. The van der Waals surface area contributed by atoms with Gasteiger partial charge in [-0.3, -0.25) is 9.18 Å². The Morgan fingerprint density at radius 3 is 2.54 bits per heavy atom. The molecular weight excluding hydrogens is 307 g/mol. The van der Waals surface area contributed by atoms with Crippen LogP contribution in [-0.2, 0) is 16.0 Å². The number of alkyl halides is 1. The standard InChI is InChI=1S/C19H27FN2O2/c20-15-16-7-9-22(10-8-16)19(23)6-5-17-3-1-2-4-18(17)21-11-13-24-14-12-21/h1-4,16H,5-15H2. The van der Waals surface area contributed by atoms with Crippen molar-refractivity contribution in [3.05, 3.63) is 29.8 Å². The predicted octanol–water partition coefficient (Wildman–Crippen LogP) is 2.66. The van der Waals surface area contributed by atoms with Gasteiger partial charge in [-0.15, -0.1) is 0 Å². The van der Waals surface area contributed by atoms with E-state index in [1.807, 2.05) is 11.0 Å². The molecule has 0 aromatic heterocycles. The van der Waals surface area contributed by atoms with Crippen LogP contribution in [0.2, 0.25) is 0 Å².